The van der Waals surface area contributed by atoms with E-state index in [0.717, 1.165) is 37.6 Å². The molecule has 1 aromatic heterocycles. The van der Waals surface area contributed by atoms with Gasteiger partial charge in [-0.3, -0.25) is 4.79 Å². The zero-order chi connectivity index (χ0) is 20.1. The van der Waals surface area contributed by atoms with E-state index in [1.54, 1.807) is 18.3 Å². The molecule has 6 heteroatoms. The smallest absolute Gasteiger partial charge is 0.228 e. The molecule has 1 fully saturated rings. The largest absolute Gasteiger partial charge is 0.368 e. The van der Waals surface area contributed by atoms with Crippen molar-refractivity contribution in [3.05, 3.63) is 84.3 Å². The Balaban J connectivity index is 1.30. The number of hydrogen-bond donors (Lipinski definition) is 1. The fraction of sp³-hybridized carbons (Fsp3) is 0.217. The topological polar surface area (TPSA) is 48.5 Å². The minimum Gasteiger partial charge on any atom is -0.368 e. The molecule has 3 aromatic rings. The Morgan fingerprint density at radius 1 is 0.897 bits per heavy atom. The zero-order valence-corrected chi connectivity index (χ0v) is 16.1. The number of nitrogens with zero attached hydrogens (tertiary/aromatic N) is 3. The van der Waals surface area contributed by atoms with Gasteiger partial charge in [0.25, 0.3) is 0 Å². The number of halogens is 1. The molecule has 0 unspecified atom stereocenters. The first-order chi connectivity index (χ1) is 14.2. The van der Waals surface area contributed by atoms with Crippen molar-refractivity contribution in [3.8, 4) is 0 Å². The van der Waals surface area contributed by atoms with Crippen molar-refractivity contribution in [2.75, 3.05) is 41.3 Å². The summed E-state index contributed by atoms with van der Waals surface area (Å²) in [6, 6.07) is 20.2. The van der Waals surface area contributed by atoms with Gasteiger partial charge in [-0.1, -0.05) is 30.3 Å². The van der Waals surface area contributed by atoms with Gasteiger partial charge in [0, 0.05) is 31.9 Å². The van der Waals surface area contributed by atoms with Crippen LogP contribution in [0.2, 0.25) is 0 Å². The van der Waals surface area contributed by atoms with E-state index < -0.39 is 0 Å². The second-order valence-electron chi connectivity index (χ2n) is 7.07. The second kappa shape index (κ2) is 8.73. The Hall–Kier alpha value is -3.41. The van der Waals surface area contributed by atoms with Crippen LogP contribution in [0.1, 0.15) is 5.56 Å². The first-order valence-electron chi connectivity index (χ1n) is 9.73. The van der Waals surface area contributed by atoms with E-state index in [1.807, 2.05) is 18.2 Å². The summed E-state index contributed by atoms with van der Waals surface area (Å²) in [6.07, 6.45) is 1.88. The van der Waals surface area contributed by atoms with Gasteiger partial charge in [-0.2, -0.15) is 0 Å². The van der Waals surface area contributed by atoms with Gasteiger partial charge in [-0.15, -0.1) is 0 Å². The number of amides is 1. The molecule has 0 atom stereocenters. The van der Waals surface area contributed by atoms with Crippen molar-refractivity contribution >= 4 is 23.1 Å². The summed E-state index contributed by atoms with van der Waals surface area (Å²) < 4.78 is 13.0. The molecule has 0 spiro atoms. The molecule has 29 heavy (non-hydrogen) atoms. The van der Waals surface area contributed by atoms with Gasteiger partial charge >= 0.3 is 0 Å². The van der Waals surface area contributed by atoms with Crippen molar-refractivity contribution in [1.82, 2.24) is 4.98 Å². The summed E-state index contributed by atoms with van der Waals surface area (Å²) in [5.41, 5.74) is 2.67. The van der Waals surface area contributed by atoms with Crippen LogP contribution in [0.5, 0.6) is 0 Å². The van der Waals surface area contributed by atoms with Gasteiger partial charge in [0.15, 0.2) is 0 Å². The molecule has 0 bridgehead atoms. The number of anilines is 3. The van der Waals surface area contributed by atoms with E-state index in [0.29, 0.717) is 5.69 Å². The Morgan fingerprint density at radius 3 is 2.24 bits per heavy atom. The van der Waals surface area contributed by atoms with Crippen molar-refractivity contribution in [1.29, 1.82) is 0 Å². The lowest BCUT2D eigenvalue weighted by Crippen LogP contribution is -2.46. The number of benzene rings is 2. The number of piperazine rings is 1. The van der Waals surface area contributed by atoms with E-state index >= 15 is 0 Å². The lowest BCUT2D eigenvalue weighted by Gasteiger charge is -2.36. The maximum atomic E-state index is 13.0. The van der Waals surface area contributed by atoms with Crippen LogP contribution < -0.4 is 15.1 Å². The van der Waals surface area contributed by atoms with Crippen molar-refractivity contribution in [2.24, 2.45) is 0 Å². The molecular formula is C23H23FN4O. The molecule has 0 aliphatic carbocycles. The van der Waals surface area contributed by atoms with Crippen molar-refractivity contribution < 1.29 is 9.18 Å². The summed E-state index contributed by atoms with van der Waals surface area (Å²) in [5.74, 6) is 0.454. The number of rotatable bonds is 5. The highest BCUT2D eigenvalue weighted by molar-refractivity contribution is 5.92. The standard InChI is InChI=1S/C23H23FN4O/c24-19-8-6-18(7-9-19)16-23(29)26-20-10-11-22(25-17-20)28-14-12-27(13-15-28)21-4-2-1-3-5-21/h1-11,17H,12-16H2,(H,26,29). The second-order valence-corrected chi connectivity index (χ2v) is 7.07. The van der Waals surface area contributed by atoms with Gasteiger partial charge in [0.2, 0.25) is 5.91 Å². The first-order valence-corrected chi connectivity index (χ1v) is 9.73. The highest BCUT2D eigenvalue weighted by Gasteiger charge is 2.18. The van der Waals surface area contributed by atoms with E-state index in [2.05, 4.69) is 44.4 Å². The van der Waals surface area contributed by atoms with Crippen molar-refractivity contribution in [2.45, 2.75) is 6.42 Å². The molecule has 1 aliphatic heterocycles. The third-order valence-corrected chi connectivity index (χ3v) is 5.03. The molecular weight excluding hydrogens is 367 g/mol. The fourth-order valence-corrected chi connectivity index (χ4v) is 3.47. The lowest BCUT2D eigenvalue weighted by atomic mass is 10.1. The number of carbonyl (C=O) groups excluding carboxylic acids is 1. The predicted octanol–water partition coefficient (Wildman–Crippen LogP) is 3.73. The van der Waals surface area contributed by atoms with E-state index in [4.69, 9.17) is 0 Å². The normalized spacial score (nSPS) is 14.0. The Bertz CT molecular complexity index is 937. The van der Waals surface area contributed by atoms with Crippen LogP contribution in [0.25, 0.3) is 0 Å². The third kappa shape index (κ3) is 4.90. The summed E-state index contributed by atoms with van der Waals surface area (Å²) >= 11 is 0. The SMILES string of the molecule is O=C(Cc1ccc(F)cc1)Nc1ccc(N2CCN(c3ccccc3)CC2)nc1. The Labute approximate surface area is 169 Å². The molecule has 2 heterocycles. The number of aromatic nitrogens is 1. The molecule has 1 aliphatic rings. The van der Waals surface area contributed by atoms with Gasteiger partial charge in [0.05, 0.1) is 18.3 Å². The molecule has 0 saturated carbocycles. The minimum atomic E-state index is -0.307. The lowest BCUT2D eigenvalue weighted by molar-refractivity contribution is -0.115. The van der Waals surface area contributed by atoms with Gasteiger partial charge < -0.3 is 15.1 Å². The monoisotopic (exact) mass is 390 g/mol. The maximum absolute atomic E-state index is 13.0. The van der Waals surface area contributed by atoms with Gasteiger partial charge in [-0.25, -0.2) is 9.37 Å². The van der Waals surface area contributed by atoms with Crippen LogP contribution in [-0.2, 0) is 11.2 Å². The number of hydrogen-bond acceptors (Lipinski definition) is 4. The number of nitrogens with one attached hydrogen (secondary N) is 1. The molecule has 2 aromatic carbocycles. The van der Waals surface area contributed by atoms with Crippen LogP contribution in [-0.4, -0.2) is 37.1 Å². The summed E-state index contributed by atoms with van der Waals surface area (Å²) in [4.78, 5) is 21.3. The third-order valence-electron chi connectivity index (χ3n) is 5.03. The fourth-order valence-electron chi connectivity index (χ4n) is 3.47. The highest BCUT2D eigenvalue weighted by atomic mass is 19.1. The molecule has 0 radical (unpaired) electrons. The molecule has 5 nitrogen and oxygen atoms in total. The van der Waals surface area contributed by atoms with E-state index in [-0.39, 0.29) is 18.1 Å². The molecule has 4 rings (SSSR count). The minimum absolute atomic E-state index is 0.150. The van der Waals surface area contributed by atoms with Crippen LogP contribution in [0.15, 0.2) is 72.9 Å². The Morgan fingerprint density at radius 2 is 1.59 bits per heavy atom. The molecule has 148 valence electrons. The average molecular weight is 390 g/mol. The van der Waals surface area contributed by atoms with Crippen LogP contribution >= 0.6 is 0 Å². The molecule has 1 N–H and O–H groups in total. The van der Waals surface area contributed by atoms with E-state index in [1.165, 1.54) is 17.8 Å². The summed E-state index contributed by atoms with van der Waals surface area (Å²) in [6.45, 7) is 3.69. The zero-order valence-electron chi connectivity index (χ0n) is 16.1. The van der Waals surface area contributed by atoms with Crippen LogP contribution in [0, 0.1) is 5.82 Å². The molecule has 1 amide bonds. The van der Waals surface area contributed by atoms with Gasteiger partial charge in [-0.05, 0) is 42.0 Å². The Kier molecular flexibility index (Phi) is 5.70. The quantitative estimate of drug-likeness (QED) is 0.721. The average Bonchev–Trinajstić information content (AvgIpc) is 2.77. The van der Waals surface area contributed by atoms with Crippen LogP contribution in [0.4, 0.5) is 21.6 Å². The first kappa shape index (κ1) is 18.9. The highest BCUT2D eigenvalue weighted by Crippen LogP contribution is 2.20. The predicted molar refractivity (Wildman–Crippen MR) is 114 cm³/mol. The maximum Gasteiger partial charge on any atom is 0.228 e. The van der Waals surface area contributed by atoms with Crippen molar-refractivity contribution in [3.63, 3.8) is 0 Å². The number of para-hydroxylation sites is 1. The molecule has 1 saturated heterocycles. The summed E-state index contributed by atoms with van der Waals surface area (Å²) in [5, 5.41) is 2.84. The van der Waals surface area contributed by atoms with E-state index in [9.17, 15) is 9.18 Å². The number of pyridine rings is 1. The van der Waals surface area contributed by atoms with Gasteiger partial charge in [0.1, 0.15) is 11.6 Å². The number of carbonyl (C=O) groups is 1. The van der Waals surface area contributed by atoms with Crippen LogP contribution in [0.3, 0.4) is 0 Å². The summed E-state index contributed by atoms with van der Waals surface area (Å²) in [7, 11) is 0.